The van der Waals surface area contributed by atoms with Crippen LogP contribution in [-0.2, 0) is 14.3 Å². The Hall–Kier alpha value is -1.75. The molecule has 0 saturated carbocycles. The van der Waals surface area contributed by atoms with Crippen molar-refractivity contribution in [3.63, 3.8) is 0 Å². The van der Waals surface area contributed by atoms with Crippen LogP contribution in [0.15, 0.2) is 24.3 Å². The Labute approximate surface area is 112 Å². The van der Waals surface area contributed by atoms with E-state index in [-0.39, 0.29) is 25.0 Å². The van der Waals surface area contributed by atoms with Crippen LogP contribution in [-0.4, -0.2) is 25.0 Å². The van der Waals surface area contributed by atoms with Gasteiger partial charge in [-0.2, -0.15) is 0 Å². The summed E-state index contributed by atoms with van der Waals surface area (Å²) in [4.78, 5) is 10.8. The molecule has 1 aromatic rings. The minimum Gasteiger partial charge on any atom is -0.465 e. The van der Waals surface area contributed by atoms with Crippen molar-refractivity contribution in [2.45, 2.75) is 38.6 Å². The summed E-state index contributed by atoms with van der Waals surface area (Å²) in [5.41, 5.74) is 6.31. The van der Waals surface area contributed by atoms with Crippen LogP contribution in [0, 0.1) is 0 Å². The smallest absolute Gasteiger partial charge is 0.302 e. The second-order valence-electron chi connectivity index (χ2n) is 4.61. The van der Waals surface area contributed by atoms with Crippen molar-refractivity contribution in [3.05, 3.63) is 24.3 Å². The Morgan fingerprint density at radius 1 is 1.37 bits per heavy atom. The summed E-state index contributed by atoms with van der Waals surface area (Å²) in [6.45, 7) is 1.68. The Morgan fingerprint density at radius 3 is 2.79 bits per heavy atom. The maximum atomic E-state index is 10.8. The van der Waals surface area contributed by atoms with Gasteiger partial charge >= 0.3 is 5.97 Å². The second-order valence-corrected chi connectivity index (χ2v) is 4.61. The predicted octanol–water partition coefficient (Wildman–Crippen LogP) is 2.11. The molecular formula is C14H19NO4. The van der Waals surface area contributed by atoms with E-state index in [0.717, 1.165) is 25.0 Å². The van der Waals surface area contributed by atoms with E-state index >= 15 is 0 Å². The summed E-state index contributed by atoms with van der Waals surface area (Å²) in [5.74, 6) is 0.442. The van der Waals surface area contributed by atoms with Gasteiger partial charge in [-0.25, -0.2) is 0 Å². The molecule has 0 bridgehead atoms. The molecule has 1 heterocycles. The number of ether oxygens (including phenoxy) is 3. The van der Waals surface area contributed by atoms with E-state index in [1.54, 1.807) is 12.1 Å². The van der Waals surface area contributed by atoms with Crippen molar-refractivity contribution in [3.8, 4) is 5.75 Å². The molecular weight excluding hydrogens is 246 g/mol. The Balaban J connectivity index is 1.83. The third kappa shape index (κ3) is 4.44. The number of carbonyl (C=O) groups excluding carboxylic acids is 1. The van der Waals surface area contributed by atoms with E-state index in [4.69, 9.17) is 19.9 Å². The van der Waals surface area contributed by atoms with E-state index in [9.17, 15) is 4.79 Å². The number of nitrogen functional groups attached to an aromatic ring is 1. The van der Waals surface area contributed by atoms with Gasteiger partial charge in [0.05, 0.1) is 6.10 Å². The predicted molar refractivity (Wildman–Crippen MR) is 70.6 cm³/mol. The first-order valence-corrected chi connectivity index (χ1v) is 6.44. The van der Waals surface area contributed by atoms with Gasteiger partial charge in [-0.1, -0.05) is 0 Å². The number of benzene rings is 1. The first kappa shape index (κ1) is 13.7. The molecule has 2 rings (SSSR count). The number of hydrogen-bond acceptors (Lipinski definition) is 5. The van der Waals surface area contributed by atoms with Crippen LogP contribution in [0.1, 0.15) is 26.2 Å². The van der Waals surface area contributed by atoms with E-state index in [1.807, 2.05) is 12.1 Å². The van der Waals surface area contributed by atoms with E-state index < -0.39 is 0 Å². The van der Waals surface area contributed by atoms with Gasteiger partial charge in [-0.15, -0.1) is 0 Å². The van der Waals surface area contributed by atoms with Crippen LogP contribution in [0.2, 0.25) is 0 Å². The number of esters is 1. The Kier molecular flexibility index (Phi) is 4.63. The molecule has 0 spiro atoms. The normalized spacial score (nSPS) is 22.8. The molecule has 1 aliphatic rings. The standard InChI is InChI=1S/C14H19NO4/c1-10(16)17-9-13-3-2-4-14(19-13)18-12-7-5-11(15)6-8-12/h5-8,13-14H,2-4,9,15H2,1H3. The van der Waals surface area contributed by atoms with Crippen LogP contribution in [0.3, 0.4) is 0 Å². The highest BCUT2D eigenvalue weighted by atomic mass is 16.7. The van der Waals surface area contributed by atoms with Gasteiger partial charge in [0.2, 0.25) is 0 Å². The van der Waals surface area contributed by atoms with Crippen LogP contribution in [0.5, 0.6) is 5.75 Å². The summed E-state index contributed by atoms with van der Waals surface area (Å²) in [6.07, 6.45) is 2.33. The number of nitrogens with two attached hydrogens (primary N) is 1. The molecule has 104 valence electrons. The zero-order chi connectivity index (χ0) is 13.7. The molecule has 5 heteroatoms. The first-order chi connectivity index (χ1) is 9.13. The second kappa shape index (κ2) is 6.43. The molecule has 1 aliphatic heterocycles. The average Bonchev–Trinajstić information content (AvgIpc) is 2.40. The third-order valence-electron chi connectivity index (χ3n) is 2.93. The Bertz CT molecular complexity index is 418. The SMILES string of the molecule is CC(=O)OCC1CCCC(Oc2ccc(N)cc2)O1. The maximum Gasteiger partial charge on any atom is 0.302 e. The van der Waals surface area contributed by atoms with Crippen molar-refractivity contribution in [2.24, 2.45) is 0 Å². The topological polar surface area (TPSA) is 70.8 Å². The number of carbonyl (C=O) groups is 1. The molecule has 2 atom stereocenters. The molecule has 1 aromatic carbocycles. The fraction of sp³-hybridized carbons (Fsp3) is 0.500. The van der Waals surface area contributed by atoms with Crippen LogP contribution in [0.25, 0.3) is 0 Å². The van der Waals surface area contributed by atoms with Crippen LogP contribution in [0.4, 0.5) is 5.69 Å². The Morgan fingerprint density at radius 2 is 2.11 bits per heavy atom. The zero-order valence-corrected chi connectivity index (χ0v) is 11.0. The summed E-state index contributed by atoms with van der Waals surface area (Å²) in [6, 6.07) is 7.20. The molecule has 1 fully saturated rings. The van der Waals surface area contributed by atoms with Gasteiger partial charge in [0.25, 0.3) is 0 Å². The highest BCUT2D eigenvalue weighted by Gasteiger charge is 2.24. The molecule has 0 aromatic heterocycles. The van der Waals surface area contributed by atoms with E-state index in [1.165, 1.54) is 6.92 Å². The fourth-order valence-electron chi connectivity index (χ4n) is 1.98. The van der Waals surface area contributed by atoms with Crippen molar-refractivity contribution in [2.75, 3.05) is 12.3 Å². The number of anilines is 1. The minimum atomic E-state index is -0.294. The van der Waals surface area contributed by atoms with Crippen molar-refractivity contribution in [1.29, 1.82) is 0 Å². The number of rotatable bonds is 4. The molecule has 0 aliphatic carbocycles. The van der Waals surface area contributed by atoms with Gasteiger partial charge in [0.1, 0.15) is 12.4 Å². The summed E-state index contributed by atoms with van der Waals surface area (Å²) in [7, 11) is 0. The van der Waals surface area contributed by atoms with Gasteiger partial charge in [-0.05, 0) is 37.1 Å². The molecule has 2 unspecified atom stereocenters. The van der Waals surface area contributed by atoms with Crippen molar-refractivity contribution in [1.82, 2.24) is 0 Å². The van der Waals surface area contributed by atoms with Gasteiger partial charge in [0.15, 0.2) is 6.29 Å². The molecule has 0 amide bonds. The molecule has 0 radical (unpaired) electrons. The highest BCUT2D eigenvalue weighted by Crippen LogP contribution is 2.23. The van der Waals surface area contributed by atoms with Crippen LogP contribution < -0.4 is 10.5 Å². The maximum absolute atomic E-state index is 10.8. The average molecular weight is 265 g/mol. The third-order valence-corrected chi connectivity index (χ3v) is 2.93. The monoisotopic (exact) mass is 265 g/mol. The zero-order valence-electron chi connectivity index (χ0n) is 11.0. The van der Waals surface area contributed by atoms with E-state index in [2.05, 4.69) is 0 Å². The van der Waals surface area contributed by atoms with Crippen molar-refractivity contribution < 1.29 is 19.0 Å². The first-order valence-electron chi connectivity index (χ1n) is 6.44. The van der Waals surface area contributed by atoms with Crippen LogP contribution >= 0.6 is 0 Å². The van der Waals surface area contributed by atoms with E-state index in [0.29, 0.717) is 5.69 Å². The fourth-order valence-corrected chi connectivity index (χ4v) is 1.98. The van der Waals surface area contributed by atoms with Gasteiger partial charge in [-0.3, -0.25) is 4.79 Å². The summed E-state index contributed by atoms with van der Waals surface area (Å²) < 4.78 is 16.4. The summed E-state index contributed by atoms with van der Waals surface area (Å²) >= 11 is 0. The lowest BCUT2D eigenvalue weighted by atomic mass is 10.1. The largest absolute Gasteiger partial charge is 0.465 e. The lowest BCUT2D eigenvalue weighted by molar-refractivity contribution is -0.172. The minimum absolute atomic E-state index is 0.0866. The highest BCUT2D eigenvalue weighted by molar-refractivity contribution is 5.65. The lowest BCUT2D eigenvalue weighted by Crippen LogP contribution is -2.34. The molecule has 1 saturated heterocycles. The molecule has 2 N–H and O–H groups in total. The van der Waals surface area contributed by atoms with Crippen molar-refractivity contribution >= 4 is 11.7 Å². The van der Waals surface area contributed by atoms with Gasteiger partial charge in [0, 0.05) is 19.0 Å². The summed E-state index contributed by atoms with van der Waals surface area (Å²) in [5, 5.41) is 0. The van der Waals surface area contributed by atoms with Gasteiger partial charge < -0.3 is 19.9 Å². The molecule has 5 nitrogen and oxygen atoms in total. The lowest BCUT2D eigenvalue weighted by Gasteiger charge is -2.29. The molecule has 19 heavy (non-hydrogen) atoms. The quantitative estimate of drug-likeness (QED) is 0.667. The number of hydrogen-bond donors (Lipinski definition) is 1.